The Hall–Kier alpha value is -1.00. The minimum Gasteiger partial charge on any atom is -0.350 e. The van der Waals surface area contributed by atoms with Crippen LogP contribution in [0.15, 0.2) is 12.2 Å². The molecule has 5 heteroatoms. The SMILES string of the molecule is C=C(CCC(F)(F)F)C(CCC)NC(C)=O. The van der Waals surface area contributed by atoms with Gasteiger partial charge in [-0.05, 0) is 12.8 Å². The second-order valence-electron chi connectivity index (χ2n) is 3.82. The largest absolute Gasteiger partial charge is 0.389 e. The van der Waals surface area contributed by atoms with Crippen molar-refractivity contribution in [3.05, 3.63) is 12.2 Å². The Balaban J connectivity index is 4.22. The molecule has 0 heterocycles. The van der Waals surface area contributed by atoms with Gasteiger partial charge in [-0.1, -0.05) is 25.5 Å². The van der Waals surface area contributed by atoms with E-state index in [1.807, 2.05) is 6.92 Å². The Morgan fingerprint density at radius 2 is 2.00 bits per heavy atom. The molecule has 0 bridgehead atoms. The zero-order valence-electron chi connectivity index (χ0n) is 9.66. The van der Waals surface area contributed by atoms with Crippen molar-refractivity contribution in [2.24, 2.45) is 0 Å². The molecule has 0 aromatic heterocycles. The highest BCUT2D eigenvalue weighted by Gasteiger charge is 2.27. The Morgan fingerprint density at radius 1 is 1.44 bits per heavy atom. The molecule has 1 unspecified atom stereocenters. The number of nitrogens with one attached hydrogen (secondary N) is 1. The predicted molar refractivity (Wildman–Crippen MR) is 56.9 cm³/mol. The minimum atomic E-state index is -4.17. The maximum absolute atomic E-state index is 12.0. The van der Waals surface area contributed by atoms with Gasteiger partial charge in [-0.2, -0.15) is 13.2 Å². The monoisotopic (exact) mass is 237 g/mol. The van der Waals surface area contributed by atoms with Crippen LogP contribution >= 0.6 is 0 Å². The highest BCUT2D eigenvalue weighted by atomic mass is 19.4. The molecule has 0 aliphatic carbocycles. The first kappa shape index (κ1) is 15.0. The first-order valence-electron chi connectivity index (χ1n) is 5.27. The van der Waals surface area contributed by atoms with Crippen LogP contribution in [0.5, 0.6) is 0 Å². The first-order chi connectivity index (χ1) is 7.26. The van der Waals surface area contributed by atoms with Crippen molar-refractivity contribution >= 4 is 5.91 Å². The van der Waals surface area contributed by atoms with Crippen LogP contribution in [-0.4, -0.2) is 18.1 Å². The lowest BCUT2D eigenvalue weighted by molar-refractivity contribution is -0.134. The molecule has 16 heavy (non-hydrogen) atoms. The van der Waals surface area contributed by atoms with Crippen molar-refractivity contribution in [2.45, 2.75) is 51.7 Å². The fourth-order valence-corrected chi connectivity index (χ4v) is 1.39. The third-order valence-electron chi connectivity index (χ3n) is 2.18. The summed E-state index contributed by atoms with van der Waals surface area (Å²) in [5, 5.41) is 2.61. The molecule has 0 saturated heterocycles. The summed E-state index contributed by atoms with van der Waals surface area (Å²) in [7, 11) is 0. The van der Waals surface area contributed by atoms with Crippen LogP contribution in [0.4, 0.5) is 13.2 Å². The molecule has 1 N–H and O–H groups in total. The summed E-state index contributed by atoms with van der Waals surface area (Å²) in [5.41, 5.74) is 0.439. The van der Waals surface area contributed by atoms with Crippen LogP contribution in [0.1, 0.15) is 39.5 Å². The third-order valence-corrected chi connectivity index (χ3v) is 2.18. The summed E-state index contributed by atoms with van der Waals surface area (Å²) >= 11 is 0. The molecule has 0 saturated carbocycles. The van der Waals surface area contributed by atoms with Gasteiger partial charge in [-0.15, -0.1) is 0 Å². The number of carbonyl (C=O) groups excluding carboxylic acids is 1. The quantitative estimate of drug-likeness (QED) is 0.706. The second kappa shape index (κ2) is 6.55. The van der Waals surface area contributed by atoms with Crippen LogP contribution in [0.2, 0.25) is 0 Å². The molecule has 0 radical (unpaired) electrons. The van der Waals surface area contributed by atoms with E-state index in [0.29, 0.717) is 12.0 Å². The topological polar surface area (TPSA) is 29.1 Å². The molecule has 1 atom stereocenters. The van der Waals surface area contributed by atoms with Gasteiger partial charge in [0.25, 0.3) is 0 Å². The number of halogens is 3. The van der Waals surface area contributed by atoms with Gasteiger partial charge in [0.1, 0.15) is 0 Å². The van der Waals surface area contributed by atoms with E-state index in [4.69, 9.17) is 0 Å². The van der Waals surface area contributed by atoms with Gasteiger partial charge in [0.15, 0.2) is 0 Å². The third kappa shape index (κ3) is 7.31. The molecule has 0 aromatic carbocycles. The minimum absolute atomic E-state index is 0.131. The number of rotatable bonds is 6. The Labute approximate surface area is 93.9 Å². The number of carbonyl (C=O) groups is 1. The maximum atomic E-state index is 12.0. The van der Waals surface area contributed by atoms with Gasteiger partial charge in [0, 0.05) is 19.4 Å². The van der Waals surface area contributed by atoms with Crippen molar-refractivity contribution in [2.75, 3.05) is 0 Å². The Kier molecular flexibility index (Phi) is 6.14. The normalized spacial score (nSPS) is 13.3. The summed E-state index contributed by atoms with van der Waals surface area (Å²) in [6.45, 7) is 6.87. The van der Waals surface area contributed by atoms with Crippen molar-refractivity contribution in [1.29, 1.82) is 0 Å². The number of alkyl halides is 3. The summed E-state index contributed by atoms with van der Waals surface area (Å²) in [6, 6.07) is -0.343. The highest BCUT2D eigenvalue weighted by Crippen LogP contribution is 2.25. The maximum Gasteiger partial charge on any atom is 0.389 e. The van der Waals surface area contributed by atoms with Gasteiger partial charge in [0.2, 0.25) is 5.91 Å². The molecule has 94 valence electrons. The van der Waals surface area contributed by atoms with Gasteiger partial charge >= 0.3 is 6.18 Å². The fourth-order valence-electron chi connectivity index (χ4n) is 1.39. The van der Waals surface area contributed by atoms with Crippen LogP contribution in [-0.2, 0) is 4.79 Å². The van der Waals surface area contributed by atoms with Crippen molar-refractivity contribution < 1.29 is 18.0 Å². The van der Waals surface area contributed by atoms with E-state index in [1.54, 1.807) is 0 Å². The lowest BCUT2D eigenvalue weighted by atomic mass is 9.99. The second-order valence-corrected chi connectivity index (χ2v) is 3.82. The Morgan fingerprint density at radius 3 is 2.38 bits per heavy atom. The van der Waals surface area contributed by atoms with Crippen LogP contribution in [0.3, 0.4) is 0 Å². The molecule has 0 rings (SSSR count). The Bertz CT molecular complexity index is 248. The molecule has 0 spiro atoms. The molecule has 1 amide bonds. The fraction of sp³-hybridized carbons (Fsp3) is 0.727. The van der Waals surface area contributed by atoms with Crippen LogP contribution < -0.4 is 5.32 Å². The van der Waals surface area contributed by atoms with Gasteiger partial charge in [-0.25, -0.2) is 0 Å². The van der Waals surface area contributed by atoms with Gasteiger partial charge < -0.3 is 5.32 Å². The number of hydrogen-bond acceptors (Lipinski definition) is 1. The summed E-state index contributed by atoms with van der Waals surface area (Å²) in [6.07, 6.45) is -3.78. The molecule has 0 aliphatic heterocycles. The highest BCUT2D eigenvalue weighted by molar-refractivity contribution is 5.73. The molecule has 0 aliphatic rings. The lowest BCUT2D eigenvalue weighted by Crippen LogP contribution is -2.34. The number of amides is 1. The standard InChI is InChI=1S/C11H18F3NO/c1-4-5-10(15-9(3)16)8(2)6-7-11(12,13)14/h10H,2,4-7H2,1,3H3,(H,15,16). The lowest BCUT2D eigenvalue weighted by Gasteiger charge is -2.20. The van der Waals surface area contributed by atoms with E-state index in [-0.39, 0.29) is 18.4 Å². The summed E-state index contributed by atoms with van der Waals surface area (Å²) in [4.78, 5) is 10.9. The van der Waals surface area contributed by atoms with Crippen LogP contribution in [0, 0.1) is 0 Å². The van der Waals surface area contributed by atoms with E-state index >= 15 is 0 Å². The molecule has 0 fully saturated rings. The van der Waals surface area contributed by atoms with Gasteiger partial charge in [-0.3, -0.25) is 4.79 Å². The summed E-state index contributed by atoms with van der Waals surface area (Å²) in [5.74, 6) is -0.244. The van der Waals surface area contributed by atoms with E-state index < -0.39 is 12.6 Å². The van der Waals surface area contributed by atoms with E-state index in [9.17, 15) is 18.0 Å². The smallest absolute Gasteiger partial charge is 0.350 e. The average Bonchev–Trinajstić information content (AvgIpc) is 2.11. The zero-order valence-corrected chi connectivity index (χ0v) is 9.66. The molecular weight excluding hydrogens is 219 g/mol. The predicted octanol–water partition coefficient (Wildman–Crippen LogP) is 3.19. The number of hydrogen-bond donors (Lipinski definition) is 1. The summed E-state index contributed by atoms with van der Waals surface area (Å²) < 4.78 is 36.0. The van der Waals surface area contributed by atoms with Crippen molar-refractivity contribution in [3.8, 4) is 0 Å². The van der Waals surface area contributed by atoms with E-state index in [0.717, 1.165) is 6.42 Å². The molecule has 2 nitrogen and oxygen atoms in total. The van der Waals surface area contributed by atoms with Crippen molar-refractivity contribution in [3.63, 3.8) is 0 Å². The van der Waals surface area contributed by atoms with Gasteiger partial charge in [0.05, 0.1) is 0 Å². The molecule has 0 aromatic rings. The van der Waals surface area contributed by atoms with Crippen LogP contribution in [0.25, 0.3) is 0 Å². The van der Waals surface area contributed by atoms with E-state index in [2.05, 4.69) is 11.9 Å². The van der Waals surface area contributed by atoms with Crippen molar-refractivity contribution in [1.82, 2.24) is 5.32 Å². The first-order valence-corrected chi connectivity index (χ1v) is 5.27. The average molecular weight is 237 g/mol. The zero-order chi connectivity index (χ0) is 12.8. The van der Waals surface area contributed by atoms with E-state index in [1.165, 1.54) is 6.92 Å². The molecular formula is C11H18F3NO.